The van der Waals surface area contributed by atoms with E-state index in [0.717, 1.165) is 12.8 Å². The van der Waals surface area contributed by atoms with Gasteiger partial charge in [-0.05, 0) is 37.0 Å². The number of hydrogen-bond acceptors (Lipinski definition) is 4. The maximum atomic E-state index is 11.7. The summed E-state index contributed by atoms with van der Waals surface area (Å²) in [5, 5.41) is 0. The minimum absolute atomic E-state index is 0.0406. The van der Waals surface area contributed by atoms with Gasteiger partial charge < -0.3 is 4.74 Å². The molecule has 0 N–H and O–H groups in total. The number of carbonyl (C=O) groups is 1. The fourth-order valence-electron chi connectivity index (χ4n) is 2.77. The van der Waals surface area contributed by atoms with Gasteiger partial charge in [0, 0.05) is 6.42 Å². The minimum Gasteiger partial charge on any atom is -0.465 e. The molecule has 0 bridgehead atoms. The van der Waals surface area contributed by atoms with E-state index in [9.17, 15) is 13.2 Å². The highest BCUT2D eigenvalue weighted by atomic mass is 32.2. The van der Waals surface area contributed by atoms with Crippen LogP contribution >= 0.6 is 0 Å². The summed E-state index contributed by atoms with van der Waals surface area (Å²) in [7, 11) is -2.90. The molecule has 108 valence electrons. The quantitative estimate of drug-likeness (QED) is 0.585. The molecule has 1 saturated heterocycles. The molecule has 1 aliphatic carbocycles. The summed E-state index contributed by atoms with van der Waals surface area (Å²) in [6, 6.07) is 0. The maximum Gasteiger partial charge on any atom is 0.306 e. The van der Waals surface area contributed by atoms with Crippen LogP contribution in [0.15, 0.2) is 12.2 Å². The van der Waals surface area contributed by atoms with Crippen molar-refractivity contribution in [2.24, 2.45) is 17.8 Å². The first-order valence-electron chi connectivity index (χ1n) is 6.97. The van der Waals surface area contributed by atoms with Gasteiger partial charge in [-0.1, -0.05) is 19.1 Å². The van der Waals surface area contributed by atoms with Gasteiger partial charge in [0.05, 0.1) is 18.1 Å². The molecule has 2 rings (SSSR count). The van der Waals surface area contributed by atoms with Crippen LogP contribution in [0.25, 0.3) is 0 Å². The van der Waals surface area contributed by atoms with E-state index in [2.05, 4.69) is 19.1 Å². The first kappa shape index (κ1) is 14.6. The van der Waals surface area contributed by atoms with Gasteiger partial charge in [0.2, 0.25) is 0 Å². The second kappa shape index (κ2) is 6.07. The van der Waals surface area contributed by atoms with Crippen LogP contribution in [-0.2, 0) is 19.4 Å². The van der Waals surface area contributed by atoms with E-state index in [0.29, 0.717) is 24.9 Å². The Balaban J connectivity index is 1.72. The van der Waals surface area contributed by atoms with Crippen LogP contribution in [0.3, 0.4) is 0 Å². The third-order valence-electron chi connectivity index (χ3n) is 4.16. The average molecular weight is 286 g/mol. The molecule has 0 aromatic heterocycles. The molecule has 0 aromatic carbocycles. The summed E-state index contributed by atoms with van der Waals surface area (Å²) in [6.07, 6.45) is 7.17. The number of ether oxygens (including phenoxy) is 1. The lowest BCUT2D eigenvalue weighted by molar-refractivity contribution is -0.146. The average Bonchev–Trinajstić information content (AvgIpc) is 2.67. The first-order valence-corrected chi connectivity index (χ1v) is 8.79. The molecule has 2 aliphatic rings. The van der Waals surface area contributed by atoms with Crippen molar-refractivity contribution in [1.82, 2.24) is 0 Å². The SMILES string of the molecule is C[C@@H]1CC=CC[C@H]1COC(=O)C[C@H]1CCS(=O)(=O)C1. The van der Waals surface area contributed by atoms with Crippen LogP contribution in [0.1, 0.15) is 32.6 Å². The number of hydrogen-bond donors (Lipinski definition) is 0. The first-order chi connectivity index (χ1) is 8.96. The molecule has 0 saturated carbocycles. The number of rotatable bonds is 4. The van der Waals surface area contributed by atoms with Crippen molar-refractivity contribution in [3.05, 3.63) is 12.2 Å². The Hall–Kier alpha value is -0.840. The maximum absolute atomic E-state index is 11.7. The van der Waals surface area contributed by atoms with E-state index in [1.165, 1.54) is 0 Å². The Morgan fingerprint density at radius 3 is 2.68 bits per heavy atom. The highest BCUT2D eigenvalue weighted by Crippen LogP contribution is 2.26. The van der Waals surface area contributed by atoms with E-state index >= 15 is 0 Å². The minimum atomic E-state index is -2.90. The molecule has 3 atom stereocenters. The van der Waals surface area contributed by atoms with Gasteiger partial charge in [0.25, 0.3) is 0 Å². The third-order valence-corrected chi connectivity index (χ3v) is 6.00. The molecule has 19 heavy (non-hydrogen) atoms. The molecule has 0 aromatic rings. The molecular weight excluding hydrogens is 264 g/mol. The standard InChI is InChI=1S/C14H22O4S/c1-11-4-2-3-5-13(11)9-18-14(15)8-12-6-7-19(16,17)10-12/h2-3,11-13H,4-10H2,1H3/t11-,12-,13+/m1/s1. The van der Waals surface area contributed by atoms with Gasteiger partial charge in [-0.15, -0.1) is 0 Å². The van der Waals surface area contributed by atoms with Crippen molar-refractivity contribution in [1.29, 1.82) is 0 Å². The fourth-order valence-corrected chi connectivity index (χ4v) is 4.63. The van der Waals surface area contributed by atoms with Gasteiger partial charge in [0.15, 0.2) is 9.84 Å². The highest BCUT2D eigenvalue weighted by molar-refractivity contribution is 7.91. The van der Waals surface area contributed by atoms with Gasteiger partial charge in [0.1, 0.15) is 0 Å². The van der Waals surface area contributed by atoms with Crippen molar-refractivity contribution < 1.29 is 17.9 Å². The van der Waals surface area contributed by atoms with E-state index in [1.54, 1.807) is 0 Å². The van der Waals surface area contributed by atoms with Crippen LogP contribution in [0.5, 0.6) is 0 Å². The van der Waals surface area contributed by atoms with Gasteiger partial charge in [-0.2, -0.15) is 0 Å². The molecule has 1 fully saturated rings. The molecule has 0 spiro atoms. The Morgan fingerprint density at radius 2 is 2.05 bits per heavy atom. The molecule has 4 nitrogen and oxygen atoms in total. The summed E-state index contributed by atoms with van der Waals surface area (Å²) < 4.78 is 27.9. The molecule has 1 aliphatic heterocycles. The lowest BCUT2D eigenvalue weighted by Gasteiger charge is -2.24. The molecule has 0 radical (unpaired) electrons. The third kappa shape index (κ3) is 4.34. The topological polar surface area (TPSA) is 60.4 Å². The van der Waals surface area contributed by atoms with Crippen molar-refractivity contribution in [3.8, 4) is 0 Å². The Bertz CT molecular complexity index is 452. The smallest absolute Gasteiger partial charge is 0.306 e. The zero-order valence-corrected chi connectivity index (χ0v) is 12.2. The van der Waals surface area contributed by atoms with Gasteiger partial charge in [-0.25, -0.2) is 8.42 Å². The monoisotopic (exact) mass is 286 g/mol. The predicted octanol–water partition coefficient (Wildman–Crippen LogP) is 1.96. The van der Waals surface area contributed by atoms with Crippen molar-refractivity contribution in [3.63, 3.8) is 0 Å². The van der Waals surface area contributed by atoms with Crippen molar-refractivity contribution in [2.45, 2.75) is 32.6 Å². The normalized spacial score (nSPS) is 33.2. The largest absolute Gasteiger partial charge is 0.465 e. The van der Waals surface area contributed by atoms with E-state index < -0.39 is 9.84 Å². The molecule has 5 heteroatoms. The Kier molecular flexibility index (Phi) is 4.66. The van der Waals surface area contributed by atoms with E-state index in [4.69, 9.17) is 4.74 Å². The number of sulfone groups is 1. The van der Waals surface area contributed by atoms with E-state index in [1.807, 2.05) is 0 Å². The van der Waals surface area contributed by atoms with Crippen molar-refractivity contribution in [2.75, 3.05) is 18.1 Å². The molecule has 0 amide bonds. The Labute approximate surface area is 115 Å². The summed E-state index contributed by atoms with van der Waals surface area (Å²) in [6.45, 7) is 2.63. The van der Waals surface area contributed by atoms with Crippen LogP contribution in [0.2, 0.25) is 0 Å². The fraction of sp³-hybridized carbons (Fsp3) is 0.786. The number of esters is 1. The van der Waals surface area contributed by atoms with Crippen LogP contribution < -0.4 is 0 Å². The molecular formula is C14H22O4S. The van der Waals surface area contributed by atoms with Crippen LogP contribution in [-0.4, -0.2) is 32.5 Å². The lowest BCUT2D eigenvalue weighted by Crippen LogP contribution is -2.22. The molecule has 1 heterocycles. The van der Waals surface area contributed by atoms with Crippen molar-refractivity contribution >= 4 is 15.8 Å². The zero-order valence-electron chi connectivity index (χ0n) is 11.4. The highest BCUT2D eigenvalue weighted by Gasteiger charge is 2.30. The second-order valence-electron chi connectivity index (χ2n) is 5.84. The summed E-state index contributed by atoms with van der Waals surface area (Å²) in [5.74, 6) is 1.02. The summed E-state index contributed by atoms with van der Waals surface area (Å²) >= 11 is 0. The second-order valence-corrected chi connectivity index (χ2v) is 8.07. The Morgan fingerprint density at radius 1 is 1.32 bits per heavy atom. The zero-order chi connectivity index (χ0) is 13.9. The van der Waals surface area contributed by atoms with E-state index in [-0.39, 0.29) is 29.8 Å². The van der Waals surface area contributed by atoms with Gasteiger partial charge >= 0.3 is 5.97 Å². The van der Waals surface area contributed by atoms with Crippen LogP contribution in [0, 0.1) is 17.8 Å². The lowest BCUT2D eigenvalue weighted by atomic mass is 9.85. The number of allylic oxidation sites excluding steroid dienone is 2. The summed E-state index contributed by atoms with van der Waals surface area (Å²) in [5.41, 5.74) is 0. The molecule has 0 unspecified atom stereocenters. The number of carbonyl (C=O) groups excluding carboxylic acids is 1. The predicted molar refractivity (Wildman–Crippen MR) is 73.4 cm³/mol. The van der Waals surface area contributed by atoms with Gasteiger partial charge in [-0.3, -0.25) is 4.79 Å². The van der Waals surface area contributed by atoms with Crippen LogP contribution in [0.4, 0.5) is 0 Å². The summed E-state index contributed by atoms with van der Waals surface area (Å²) in [4.78, 5) is 11.7.